The van der Waals surface area contributed by atoms with Crippen molar-refractivity contribution in [2.75, 3.05) is 23.7 Å². The molecule has 0 spiro atoms. The third-order valence-electron chi connectivity index (χ3n) is 5.19. The first-order valence-electron chi connectivity index (χ1n) is 10.4. The SMILES string of the molecule is CC(=O)Nc1cccc(NC(=O)C2CCCN(Cc3nc(-c4ccccc4)no3)C2)c1. The minimum Gasteiger partial charge on any atom is -0.338 e. The summed E-state index contributed by atoms with van der Waals surface area (Å²) in [5.41, 5.74) is 2.23. The fourth-order valence-electron chi connectivity index (χ4n) is 3.75. The largest absolute Gasteiger partial charge is 0.338 e. The monoisotopic (exact) mass is 419 g/mol. The van der Waals surface area contributed by atoms with Crippen molar-refractivity contribution in [2.24, 2.45) is 5.92 Å². The molecule has 8 nitrogen and oxygen atoms in total. The van der Waals surface area contributed by atoms with Gasteiger partial charge in [0.05, 0.1) is 12.5 Å². The van der Waals surface area contributed by atoms with Gasteiger partial charge in [0.2, 0.25) is 23.5 Å². The van der Waals surface area contributed by atoms with Crippen LogP contribution in [0.4, 0.5) is 11.4 Å². The number of likely N-dealkylation sites (tertiary alicyclic amines) is 1. The summed E-state index contributed by atoms with van der Waals surface area (Å²) >= 11 is 0. The van der Waals surface area contributed by atoms with Gasteiger partial charge in [0.15, 0.2) is 0 Å². The van der Waals surface area contributed by atoms with E-state index in [0.29, 0.717) is 36.2 Å². The average molecular weight is 419 g/mol. The van der Waals surface area contributed by atoms with Gasteiger partial charge in [-0.2, -0.15) is 4.98 Å². The van der Waals surface area contributed by atoms with E-state index < -0.39 is 0 Å². The van der Waals surface area contributed by atoms with Gasteiger partial charge in [0.25, 0.3) is 0 Å². The first-order valence-corrected chi connectivity index (χ1v) is 10.4. The van der Waals surface area contributed by atoms with Crippen molar-refractivity contribution in [3.05, 3.63) is 60.5 Å². The standard InChI is InChI=1S/C23H25N5O3/c1-16(29)24-19-10-5-11-20(13-19)25-23(30)18-9-6-12-28(14-18)15-21-26-22(27-31-21)17-7-3-2-4-8-17/h2-5,7-8,10-11,13,18H,6,9,12,14-15H2,1H3,(H,24,29)(H,25,30). The van der Waals surface area contributed by atoms with Crippen molar-refractivity contribution >= 4 is 23.2 Å². The van der Waals surface area contributed by atoms with Gasteiger partial charge < -0.3 is 15.2 Å². The second-order valence-electron chi connectivity index (χ2n) is 7.70. The highest BCUT2D eigenvalue weighted by Crippen LogP contribution is 2.22. The zero-order valence-corrected chi connectivity index (χ0v) is 17.4. The van der Waals surface area contributed by atoms with Gasteiger partial charge in [-0.25, -0.2) is 0 Å². The van der Waals surface area contributed by atoms with E-state index in [1.54, 1.807) is 18.2 Å². The van der Waals surface area contributed by atoms with E-state index in [0.717, 1.165) is 24.9 Å². The molecule has 1 saturated heterocycles. The molecule has 2 heterocycles. The lowest BCUT2D eigenvalue weighted by Gasteiger charge is -2.30. The molecule has 1 atom stereocenters. The number of piperidine rings is 1. The Bertz CT molecular complexity index is 1050. The molecule has 8 heteroatoms. The molecule has 0 saturated carbocycles. The topological polar surface area (TPSA) is 100 Å². The number of aromatic nitrogens is 2. The second-order valence-corrected chi connectivity index (χ2v) is 7.70. The molecule has 1 aliphatic rings. The summed E-state index contributed by atoms with van der Waals surface area (Å²) in [6, 6.07) is 16.8. The van der Waals surface area contributed by atoms with Crippen LogP contribution in [0, 0.1) is 5.92 Å². The average Bonchev–Trinajstić information content (AvgIpc) is 3.23. The summed E-state index contributed by atoms with van der Waals surface area (Å²) in [5.74, 6) is 0.807. The zero-order chi connectivity index (χ0) is 21.6. The van der Waals surface area contributed by atoms with Crippen molar-refractivity contribution < 1.29 is 14.1 Å². The number of hydrogen-bond acceptors (Lipinski definition) is 6. The van der Waals surface area contributed by atoms with Crippen molar-refractivity contribution in [1.82, 2.24) is 15.0 Å². The minimum absolute atomic E-state index is 0.0276. The summed E-state index contributed by atoms with van der Waals surface area (Å²) in [6.07, 6.45) is 1.75. The molecule has 1 aliphatic heterocycles. The lowest BCUT2D eigenvalue weighted by molar-refractivity contribution is -0.121. The zero-order valence-electron chi connectivity index (χ0n) is 17.4. The van der Waals surface area contributed by atoms with Crippen LogP contribution in [0.2, 0.25) is 0 Å². The molecule has 160 valence electrons. The summed E-state index contributed by atoms with van der Waals surface area (Å²) in [5, 5.41) is 9.76. The maximum atomic E-state index is 12.8. The Labute approximate surface area is 180 Å². The molecule has 3 aromatic rings. The number of nitrogens with one attached hydrogen (secondary N) is 2. The molecule has 1 unspecified atom stereocenters. The van der Waals surface area contributed by atoms with Crippen LogP contribution in [0.15, 0.2) is 59.1 Å². The van der Waals surface area contributed by atoms with Crippen molar-refractivity contribution in [3.8, 4) is 11.4 Å². The number of hydrogen-bond donors (Lipinski definition) is 2. The summed E-state index contributed by atoms with van der Waals surface area (Å²) in [4.78, 5) is 30.7. The van der Waals surface area contributed by atoms with E-state index in [1.165, 1.54) is 6.92 Å². The molecule has 2 aromatic carbocycles. The van der Waals surface area contributed by atoms with Crippen molar-refractivity contribution in [3.63, 3.8) is 0 Å². The van der Waals surface area contributed by atoms with Gasteiger partial charge in [-0.05, 0) is 37.6 Å². The quantitative estimate of drug-likeness (QED) is 0.634. The van der Waals surface area contributed by atoms with Crippen LogP contribution in [-0.4, -0.2) is 39.9 Å². The third-order valence-corrected chi connectivity index (χ3v) is 5.19. The number of anilines is 2. The molecular formula is C23H25N5O3. The Morgan fingerprint density at radius 3 is 2.65 bits per heavy atom. The highest BCUT2D eigenvalue weighted by molar-refractivity contribution is 5.94. The number of carbonyl (C=O) groups is 2. The predicted molar refractivity (Wildman–Crippen MR) is 117 cm³/mol. The molecule has 0 bridgehead atoms. The Morgan fingerprint density at radius 2 is 1.87 bits per heavy atom. The lowest BCUT2D eigenvalue weighted by atomic mass is 9.97. The molecule has 0 aliphatic carbocycles. The van der Waals surface area contributed by atoms with Crippen LogP contribution in [0.5, 0.6) is 0 Å². The Morgan fingerprint density at radius 1 is 1.10 bits per heavy atom. The van der Waals surface area contributed by atoms with Crippen LogP contribution in [0.1, 0.15) is 25.7 Å². The number of rotatable bonds is 6. The van der Waals surface area contributed by atoms with Crippen LogP contribution < -0.4 is 10.6 Å². The number of nitrogens with zero attached hydrogens (tertiary/aromatic N) is 3. The first kappa shape index (κ1) is 20.7. The van der Waals surface area contributed by atoms with Gasteiger partial charge >= 0.3 is 0 Å². The molecule has 31 heavy (non-hydrogen) atoms. The van der Waals surface area contributed by atoms with Gasteiger partial charge in [-0.3, -0.25) is 14.5 Å². The van der Waals surface area contributed by atoms with E-state index in [-0.39, 0.29) is 17.7 Å². The van der Waals surface area contributed by atoms with E-state index in [1.807, 2.05) is 36.4 Å². The molecule has 2 N–H and O–H groups in total. The Hall–Kier alpha value is -3.52. The van der Waals surface area contributed by atoms with Gasteiger partial charge in [-0.15, -0.1) is 0 Å². The molecule has 0 radical (unpaired) electrons. The predicted octanol–water partition coefficient (Wildman–Crippen LogP) is 3.55. The van der Waals surface area contributed by atoms with Crippen LogP contribution >= 0.6 is 0 Å². The van der Waals surface area contributed by atoms with Crippen LogP contribution in [0.25, 0.3) is 11.4 Å². The van der Waals surface area contributed by atoms with Gasteiger partial charge in [0, 0.05) is 30.4 Å². The summed E-state index contributed by atoms with van der Waals surface area (Å²) in [7, 11) is 0. The summed E-state index contributed by atoms with van der Waals surface area (Å²) in [6.45, 7) is 3.47. The van der Waals surface area contributed by atoms with E-state index in [4.69, 9.17) is 4.52 Å². The molecular weight excluding hydrogens is 394 g/mol. The van der Waals surface area contributed by atoms with E-state index in [2.05, 4.69) is 25.7 Å². The van der Waals surface area contributed by atoms with Gasteiger partial charge in [-0.1, -0.05) is 41.6 Å². The van der Waals surface area contributed by atoms with Crippen LogP contribution in [-0.2, 0) is 16.1 Å². The highest BCUT2D eigenvalue weighted by atomic mass is 16.5. The fourth-order valence-corrected chi connectivity index (χ4v) is 3.75. The van der Waals surface area contributed by atoms with Crippen molar-refractivity contribution in [2.45, 2.75) is 26.3 Å². The summed E-state index contributed by atoms with van der Waals surface area (Å²) < 4.78 is 5.42. The maximum absolute atomic E-state index is 12.8. The molecule has 2 amide bonds. The highest BCUT2D eigenvalue weighted by Gasteiger charge is 2.27. The Balaban J connectivity index is 1.35. The smallest absolute Gasteiger partial charge is 0.241 e. The first-order chi connectivity index (χ1) is 15.1. The lowest BCUT2D eigenvalue weighted by Crippen LogP contribution is -2.40. The maximum Gasteiger partial charge on any atom is 0.241 e. The second kappa shape index (κ2) is 9.53. The number of benzene rings is 2. The fraction of sp³-hybridized carbons (Fsp3) is 0.304. The van der Waals surface area contributed by atoms with E-state index >= 15 is 0 Å². The minimum atomic E-state index is -0.150. The molecule has 1 aromatic heterocycles. The third kappa shape index (κ3) is 5.55. The van der Waals surface area contributed by atoms with Crippen LogP contribution in [0.3, 0.4) is 0 Å². The van der Waals surface area contributed by atoms with Gasteiger partial charge in [0.1, 0.15) is 0 Å². The molecule has 4 rings (SSSR count). The number of carbonyl (C=O) groups excluding carboxylic acids is 2. The van der Waals surface area contributed by atoms with E-state index in [9.17, 15) is 9.59 Å². The normalized spacial score (nSPS) is 16.6. The Kier molecular flexibility index (Phi) is 6.37. The van der Waals surface area contributed by atoms with Crippen molar-refractivity contribution in [1.29, 1.82) is 0 Å². The molecule has 1 fully saturated rings. The number of amides is 2.